The van der Waals surface area contributed by atoms with Gasteiger partial charge in [0, 0.05) is 6.54 Å². The maximum Gasteiger partial charge on any atom is 0.243 e. The molecule has 2 rings (SSSR count). The lowest BCUT2D eigenvalue weighted by molar-refractivity contribution is 0.0676. The number of piperidine rings is 1. The second kappa shape index (κ2) is 6.97. The predicted molar refractivity (Wildman–Crippen MR) is 90.5 cm³/mol. The number of aliphatic hydroxyl groups is 1. The zero-order valence-corrected chi connectivity index (χ0v) is 15.5. The smallest absolute Gasteiger partial charge is 0.243 e. The molecular formula is C16H24ClNO4S. The summed E-state index contributed by atoms with van der Waals surface area (Å²) in [4.78, 5) is 0.170. The standard InChI is InChI=1S/C16H24ClNO4S/c1-10-5-6-18(14(7-10)12(3)19)23(20,21)16-9-13(17)15(22-4)8-11(16)2/h8-10,12,14,19H,5-7H2,1-4H3. The van der Waals surface area contributed by atoms with Crippen LogP contribution in [0, 0.1) is 12.8 Å². The van der Waals surface area contributed by atoms with E-state index in [1.54, 1.807) is 19.9 Å². The number of sulfonamides is 1. The van der Waals surface area contributed by atoms with Gasteiger partial charge in [-0.3, -0.25) is 0 Å². The third-order valence-corrected chi connectivity index (χ3v) is 6.81. The molecule has 5 nitrogen and oxygen atoms in total. The van der Waals surface area contributed by atoms with Gasteiger partial charge in [-0.05, 0) is 50.3 Å². The Morgan fingerprint density at radius 1 is 1.43 bits per heavy atom. The summed E-state index contributed by atoms with van der Waals surface area (Å²) in [5, 5.41) is 10.3. The first-order valence-electron chi connectivity index (χ1n) is 7.72. The molecule has 1 heterocycles. The Hall–Kier alpha value is -0.820. The molecule has 7 heteroatoms. The minimum Gasteiger partial charge on any atom is -0.495 e. The van der Waals surface area contributed by atoms with E-state index in [-0.39, 0.29) is 9.92 Å². The molecule has 1 aliphatic heterocycles. The predicted octanol–water partition coefficient (Wildman–Crippen LogP) is 2.83. The first-order chi connectivity index (χ1) is 10.7. The summed E-state index contributed by atoms with van der Waals surface area (Å²) >= 11 is 6.11. The number of rotatable bonds is 4. The zero-order chi connectivity index (χ0) is 17.4. The second-order valence-corrected chi connectivity index (χ2v) is 8.57. The largest absolute Gasteiger partial charge is 0.495 e. The number of benzene rings is 1. The van der Waals surface area contributed by atoms with Crippen LogP contribution in [0.1, 0.15) is 32.3 Å². The van der Waals surface area contributed by atoms with E-state index in [9.17, 15) is 13.5 Å². The van der Waals surface area contributed by atoms with Crippen molar-refractivity contribution in [3.63, 3.8) is 0 Å². The molecule has 1 aromatic rings. The summed E-state index contributed by atoms with van der Waals surface area (Å²) in [7, 11) is -2.23. The van der Waals surface area contributed by atoms with Gasteiger partial charge < -0.3 is 9.84 Å². The molecule has 1 fully saturated rings. The molecule has 0 spiro atoms. The highest BCUT2D eigenvalue weighted by Crippen LogP contribution is 2.35. The fraction of sp³-hybridized carbons (Fsp3) is 0.625. The van der Waals surface area contributed by atoms with Gasteiger partial charge in [-0.1, -0.05) is 18.5 Å². The van der Waals surface area contributed by atoms with Crippen LogP contribution < -0.4 is 4.74 Å². The second-order valence-electron chi connectivity index (χ2n) is 6.31. The molecule has 3 unspecified atom stereocenters. The van der Waals surface area contributed by atoms with Gasteiger partial charge in [0.2, 0.25) is 10.0 Å². The van der Waals surface area contributed by atoms with Crippen molar-refractivity contribution in [1.29, 1.82) is 0 Å². The van der Waals surface area contributed by atoms with E-state index in [1.807, 2.05) is 0 Å². The monoisotopic (exact) mass is 361 g/mol. The molecule has 1 N–H and O–H groups in total. The van der Waals surface area contributed by atoms with Crippen molar-refractivity contribution in [3.8, 4) is 5.75 Å². The Morgan fingerprint density at radius 3 is 2.65 bits per heavy atom. The van der Waals surface area contributed by atoms with E-state index in [2.05, 4.69) is 6.92 Å². The lowest BCUT2D eigenvalue weighted by Gasteiger charge is -2.39. The highest BCUT2D eigenvalue weighted by molar-refractivity contribution is 7.89. The molecule has 0 bridgehead atoms. The summed E-state index contributed by atoms with van der Waals surface area (Å²) in [6.45, 7) is 5.84. The van der Waals surface area contributed by atoms with Crippen molar-refractivity contribution in [3.05, 3.63) is 22.7 Å². The normalized spacial score (nSPS) is 24.4. The lowest BCUT2D eigenvalue weighted by Crippen LogP contribution is -2.50. The molecule has 0 aliphatic carbocycles. The van der Waals surface area contributed by atoms with Crippen LogP contribution in [-0.4, -0.2) is 43.6 Å². The topological polar surface area (TPSA) is 66.8 Å². The summed E-state index contributed by atoms with van der Waals surface area (Å²) in [5.74, 6) is 0.837. The van der Waals surface area contributed by atoms with Crippen LogP contribution in [-0.2, 0) is 10.0 Å². The Labute approximate surface area is 143 Å². The number of nitrogens with zero attached hydrogens (tertiary/aromatic N) is 1. The minimum atomic E-state index is -3.72. The Kier molecular flexibility index (Phi) is 5.61. The minimum absolute atomic E-state index is 0.170. The van der Waals surface area contributed by atoms with Crippen molar-refractivity contribution >= 4 is 21.6 Å². The quantitative estimate of drug-likeness (QED) is 0.895. The van der Waals surface area contributed by atoms with Gasteiger partial charge in [-0.15, -0.1) is 0 Å². The van der Waals surface area contributed by atoms with Crippen LogP contribution in [0.5, 0.6) is 5.75 Å². The van der Waals surface area contributed by atoms with Crippen molar-refractivity contribution in [2.24, 2.45) is 5.92 Å². The molecule has 3 atom stereocenters. The SMILES string of the molecule is COc1cc(C)c(S(=O)(=O)N2CCC(C)CC2C(C)O)cc1Cl. The molecule has 1 aliphatic rings. The van der Waals surface area contributed by atoms with Crippen LogP contribution in [0.2, 0.25) is 5.02 Å². The van der Waals surface area contributed by atoms with Crippen LogP contribution in [0.25, 0.3) is 0 Å². The van der Waals surface area contributed by atoms with Crippen molar-refractivity contribution < 1.29 is 18.3 Å². The highest BCUT2D eigenvalue weighted by Gasteiger charge is 2.38. The molecule has 0 radical (unpaired) electrons. The van der Waals surface area contributed by atoms with Gasteiger partial charge in [0.05, 0.1) is 29.2 Å². The lowest BCUT2D eigenvalue weighted by atomic mass is 9.92. The van der Waals surface area contributed by atoms with E-state index in [0.29, 0.717) is 30.2 Å². The summed E-state index contributed by atoms with van der Waals surface area (Å²) in [6.07, 6.45) is 0.715. The Morgan fingerprint density at radius 2 is 2.09 bits per heavy atom. The molecule has 1 aromatic carbocycles. The summed E-state index contributed by atoms with van der Waals surface area (Å²) in [5.41, 5.74) is 0.578. The average molecular weight is 362 g/mol. The highest BCUT2D eigenvalue weighted by atomic mass is 35.5. The van der Waals surface area contributed by atoms with Crippen LogP contribution in [0.4, 0.5) is 0 Å². The van der Waals surface area contributed by atoms with Crippen molar-refractivity contribution in [2.45, 2.75) is 50.7 Å². The number of aliphatic hydroxyl groups excluding tert-OH is 1. The third kappa shape index (κ3) is 3.65. The number of hydrogen-bond acceptors (Lipinski definition) is 4. The fourth-order valence-corrected chi connectivity index (χ4v) is 5.35. The van der Waals surface area contributed by atoms with Crippen molar-refractivity contribution in [2.75, 3.05) is 13.7 Å². The first-order valence-corrected chi connectivity index (χ1v) is 9.54. The molecule has 0 amide bonds. The number of hydrogen-bond donors (Lipinski definition) is 1. The Bertz CT molecular complexity index is 675. The maximum atomic E-state index is 13.1. The first kappa shape index (κ1) is 18.5. The Balaban J connectivity index is 2.47. The van der Waals surface area contributed by atoms with Gasteiger partial charge in [-0.25, -0.2) is 8.42 Å². The van der Waals surface area contributed by atoms with Gasteiger partial charge in [0.15, 0.2) is 0 Å². The summed E-state index contributed by atoms with van der Waals surface area (Å²) in [6, 6.07) is 2.64. The molecule has 130 valence electrons. The van der Waals surface area contributed by atoms with Crippen molar-refractivity contribution in [1.82, 2.24) is 4.31 Å². The van der Waals surface area contributed by atoms with E-state index < -0.39 is 22.2 Å². The average Bonchev–Trinajstić information content (AvgIpc) is 2.48. The molecular weight excluding hydrogens is 338 g/mol. The van der Waals surface area contributed by atoms with E-state index in [1.165, 1.54) is 17.5 Å². The molecule has 0 saturated carbocycles. The van der Waals surface area contributed by atoms with Crippen LogP contribution in [0.15, 0.2) is 17.0 Å². The molecule has 0 aromatic heterocycles. The molecule has 23 heavy (non-hydrogen) atoms. The van der Waals surface area contributed by atoms with E-state index in [4.69, 9.17) is 16.3 Å². The third-order valence-electron chi connectivity index (χ3n) is 4.45. The fourth-order valence-electron chi connectivity index (χ4n) is 3.09. The number of methoxy groups -OCH3 is 1. The van der Waals surface area contributed by atoms with Crippen LogP contribution in [0.3, 0.4) is 0 Å². The zero-order valence-electron chi connectivity index (χ0n) is 13.9. The van der Waals surface area contributed by atoms with E-state index >= 15 is 0 Å². The molecule has 1 saturated heterocycles. The van der Waals surface area contributed by atoms with Crippen LogP contribution >= 0.6 is 11.6 Å². The van der Waals surface area contributed by atoms with Gasteiger partial charge >= 0.3 is 0 Å². The van der Waals surface area contributed by atoms with Gasteiger partial charge in [-0.2, -0.15) is 4.31 Å². The maximum absolute atomic E-state index is 13.1. The van der Waals surface area contributed by atoms with E-state index in [0.717, 1.165) is 6.42 Å². The van der Waals surface area contributed by atoms with Gasteiger partial charge in [0.25, 0.3) is 0 Å². The number of aryl methyl sites for hydroxylation is 1. The number of ether oxygens (including phenoxy) is 1. The number of halogens is 1. The summed E-state index contributed by atoms with van der Waals surface area (Å²) < 4.78 is 32.7. The van der Waals surface area contributed by atoms with Gasteiger partial charge in [0.1, 0.15) is 5.75 Å².